The van der Waals surface area contributed by atoms with Crippen LogP contribution in [0.25, 0.3) is 0 Å². The Hall–Kier alpha value is -0.910. The molecule has 202 valence electrons. The number of rotatable bonds is 12. The highest BCUT2D eigenvalue weighted by atomic mass is 32.1. The second-order valence-electron chi connectivity index (χ2n) is 7.48. The molecule has 1 aromatic heterocycles. The summed E-state index contributed by atoms with van der Waals surface area (Å²) in [5.41, 5.74) is -1.05. The Labute approximate surface area is 204 Å². The number of hydrogen-bond donors (Lipinski definition) is 7. The first kappa shape index (κ1) is 30.3. The number of phosphoric ester groups is 2. The number of H-pyrrole nitrogens is 1. The molecule has 0 spiro atoms. The largest absolute Gasteiger partial charge is 0.483 e. The molecule has 1 saturated heterocycles. The summed E-state index contributed by atoms with van der Waals surface area (Å²) in [6, 6.07) is 0. The standard InChI is InChI=1S/C16H28N2O14P2S/c1-3-9(28-7-18-4-8(2)14(22)17-16(18)23)5-29-33(24,25)32-34(26,27)31-15-13(21)12(20)11(19)10(6-35)30-15/h4,9-13,15,19-21,35H,3,5-7H2,1-2H3,(H,24,25)(H,26,27)(H,17,22,23)/t9-,10?,11+,12?,13?,15+/m0/s1. The van der Waals surface area contributed by atoms with Crippen LogP contribution in [-0.2, 0) is 38.7 Å². The van der Waals surface area contributed by atoms with Gasteiger partial charge in [-0.3, -0.25) is 23.4 Å². The van der Waals surface area contributed by atoms with Gasteiger partial charge in [-0.25, -0.2) is 13.9 Å². The summed E-state index contributed by atoms with van der Waals surface area (Å²) < 4.78 is 49.3. The Bertz CT molecular complexity index is 1060. The molecule has 0 aromatic carbocycles. The summed E-state index contributed by atoms with van der Waals surface area (Å²) in [6.45, 7) is 2.14. The van der Waals surface area contributed by atoms with Gasteiger partial charge in [-0.1, -0.05) is 6.92 Å². The molecule has 1 aromatic rings. The lowest BCUT2D eigenvalue weighted by Gasteiger charge is -2.39. The summed E-state index contributed by atoms with van der Waals surface area (Å²) in [6.07, 6.45) is -8.01. The van der Waals surface area contributed by atoms with E-state index in [1.165, 1.54) is 13.1 Å². The quantitative estimate of drug-likeness (QED) is 0.114. The number of nitrogens with zero attached hydrogens (tertiary/aromatic N) is 1. The first-order valence-corrected chi connectivity index (χ1v) is 13.7. The van der Waals surface area contributed by atoms with Crippen molar-refractivity contribution in [3.63, 3.8) is 0 Å². The van der Waals surface area contributed by atoms with Crippen LogP contribution in [0.1, 0.15) is 18.9 Å². The lowest BCUT2D eigenvalue weighted by molar-refractivity contribution is -0.270. The van der Waals surface area contributed by atoms with E-state index in [-0.39, 0.29) is 24.5 Å². The van der Waals surface area contributed by atoms with Crippen molar-refractivity contribution >= 4 is 28.3 Å². The molecule has 0 aliphatic carbocycles. The van der Waals surface area contributed by atoms with Crippen LogP contribution >= 0.6 is 28.3 Å². The predicted octanol–water partition coefficient (Wildman–Crippen LogP) is -1.41. The molecule has 1 aliphatic heterocycles. The fraction of sp³-hybridized carbons (Fsp3) is 0.750. The van der Waals surface area contributed by atoms with Gasteiger partial charge < -0.3 is 34.6 Å². The molecule has 35 heavy (non-hydrogen) atoms. The Morgan fingerprint density at radius 1 is 1.17 bits per heavy atom. The average Bonchev–Trinajstić information content (AvgIpc) is 2.76. The molecule has 1 aliphatic rings. The fourth-order valence-electron chi connectivity index (χ4n) is 2.82. The molecule has 16 nitrogen and oxygen atoms in total. The summed E-state index contributed by atoms with van der Waals surface area (Å²) >= 11 is 3.88. The summed E-state index contributed by atoms with van der Waals surface area (Å²) in [5.74, 6) is -0.161. The van der Waals surface area contributed by atoms with Crippen molar-refractivity contribution in [1.82, 2.24) is 9.55 Å². The van der Waals surface area contributed by atoms with Crippen LogP contribution in [0.5, 0.6) is 0 Å². The molecule has 0 amide bonds. The molecule has 19 heteroatoms. The molecule has 8 atom stereocenters. The minimum atomic E-state index is -5.41. The van der Waals surface area contributed by atoms with E-state index < -0.39 is 70.3 Å². The highest BCUT2D eigenvalue weighted by Gasteiger charge is 2.48. The third-order valence-corrected chi connectivity index (χ3v) is 7.77. The van der Waals surface area contributed by atoms with E-state index in [1.807, 2.05) is 0 Å². The van der Waals surface area contributed by atoms with Gasteiger partial charge >= 0.3 is 21.3 Å². The minimum Gasteiger partial charge on any atom is -0.388 e. The van der Waals surface area contributed by atoms with E-state index in [4.69, 9.17) is 9.47 Å². The molecule has 5 unspecified atom stereocenters. The van der Waals surface area contributed by atoms with Crippen LogP contribution in [0.3, 0.4) is 0 Å². The zero-order valence-electron chi connectivity index (χ0n) is 18.6. The Morgan fingerprint density at radius 2 is 1.83 bits per heavy atom. The summed E-state index contributed by atoms with van der Waals surface area (Å²) in [5, 5.41) is 29.5. The SMILES string of the molecule is CC[C@@H](COP(=O)(O)OP(=O)(O)O[C@H]1OC(CS)[C@@H](O)C(O)C1O)OCn1cc(C)c(=O)[nH]c1=O. The highest BCUT2D eigenvalue weighted by Crippen LogP contribution is 2.61. The first-order valence-electron chi connectivity index (χ1n) is 10.1. The molecule has 2 heterocycles. The second-order valence-corrected chi connectivity index (χ2v) is 10.8. The third kappa shape index (κ3) is 8.57. The number of aromatic amines is 1. The smallest absolute Gasteiger partial charge is 0.388 e. The van der Waals surface area contributed by atoms with Crippen molar-refractivity contribution in [3.05, 3.63) is 32.6 Å². The van der Waals surface area contributed by atoms with Gasteiger partial charge in [0, 0.05) is 17.5 Å². The van der Waals surface area contributed by atoms with Gasteiger partial charge in [0.15, 0.2) is 6.29 Å². The van der Waals surface area contributed by atoms with E-state index in [1.54, 1.807) is 6.92 Å². The van der Waals surface area contributed by atoms with Crippen LogP contribution in [0, 0.1) is 6.92 Å². The highest BCUT2D eigenvalue weighted by molar-refractivity contribution is 7.80. The second kappa shape index (κ2) is 12.6. The van der Waals surface area contributed by atoms with Crippen LogP contribution in [0.2, 0.25) is 0 Å². The Morgan fingerprint density at radius 3 is 2.43 bits per heavy atom. The monoisotopic (exact) mass is 566 g/mol. The molecule has 0 saturated carbocycles. The number of aliphatic hydroxyl groups is 3. The van der Waals surface area contributed by atoms with E-state index in [9.17, 15) is 43.8 Å². The van der Waals surface area contributed by atoms with Gasteiger partial charge in [-0.05, 0) is 13.3 Å². The molecular formula is C16H28N2O14P2S. The maximum absolute atomic E-state index is 12.2. The number of nitrogens with one attached hydrogen (secondary N) is 1. The van der Waals surface area contributed by atoms with Gasteiger partial charge in [0.2, 0.25) is 0 Å². The number of aliphatic hydroxyl groups excluding tert-OH is 3. The maximum atomic E-state index is 12.2. The first-order chi connectivity index (χ1) is 16.2. The molecule has 0 radical (unpaired) electrons. The Kier molecular flexibility index (Phi) is 10.9. The Balaban J connectivity index is 1.94. The van der Waals surface area contributed by atoms with Gasteiger partial charge in [0.25, 0.3) is 5.56 Å². The predicted molar refractivity (Wildman–Crippen MR) is 120 cm³/mol. The topological polar surface area (TPSA) is 236 Å². The number of aromatic nitrogens is 2. The average molecular weight is 566 g/mol. The van der Waals surface area contributed by atoms with Crippen LogP contribution in [0.4, 0.5) is 0 Å². The van der Waals surface area contributed by atoms with Crippen molar-refractivity contribution in [3.8, 4) is 0 Å². The van der Waals surface area contributed by atoms with E-state index in [0.29, 0.717) is 0 Å². The van der Waals surface area contributed by atoms with Crippen LogP contribution in [0.15, 0.2) is 15.8 Å². The van der Waals surface area contributed by atoms with Gasteiger partial charge in [0.05, 0.1) is 18.8 Å². The van der Waals surface area contributed by atoms with Gasteiger partial charge in [-0.15, -0.1) is 0 Å². The summed E-state index contributed by atoms with van der Waals surface area (Å²) in [4.78, 5) is 44.9. The zero-order chi connectivity index (χ0) is 26.6. The molecule has 6 N–H and O–H groups in total. The van der Waals surface area contributed by atoms with Gasteiger partial charge in [-0.2, -0.15) is 16.9 Å². The van der Waals surface area contributed by atoms with Crippen molar-refractivity contribution in [1.29, 1.82) is 0 Å². The molecule has 0 bridgehead atoms. The number of aryl methyl sites for hydroxylation is 1. The van der Waals surface area contributed by atoms with Crippen LogP contribution < -0.4 is 11.2 Å². The third-order valence-electron chi connectivity index (χ3n) is 4.81. The number of phosphoric acid groups is 2. The van der Waals surface area contributed by atoms with Crippen molar-refractivity contribution in [2.45, 2.75) is 63.8 Å². The number of thiol groups is 1. The van der Waals surface area contributed by atoms with E-state index in [0.717, 1.165) is 4.57 Å². The lowest BCUT2D eigenvalue weighted by Crippen LogP contribution is -2.58. The number of ether oxygens (including phenoxy) is 2. The van der Waals surface area contributed by atoms with Gasteiger partial charge in [0.1, 0.15) is 25.0 Å². The zero-order valence-corrected chi connectivity index (χ0v) is 21.3. The lowest BCUT2D eigenvalue weighted by atomic mass is 10.0. The fourth-order valence-corrected chi connectivity index (χ4v) is 5.30. The van der Waals surface area contributed by atoms with E-state index in [2.05, 4.69) is 31.0 Å². The summed E-state index contributed by atoms with van der Waals surface area (Å²) in [7, 11) is -10.6. The molecular weight excluding hydrogens is 538 g/mol. The van der Waals surface area contributed by atoms with Crippen LogP contribution in [-0.4, -0.2) is 83.8 Å². The molecule has 1 fully saturated rings. The van der Waals surface area contributed by atoms with Crippen molar-refractivity contribution < 1.29 is 57.1 Å². The molecule has 2 rings (SSSR count). The number of hydrogen-bond acceptors (Lipinski definition) is 13. The maximum Gasteiger partial charge on any atom is 0.483 e. The van der Waals surface area contributed by atoms with Crippen molar-refractivity contribution in [2.24, 2.45) is 0 Å². The van der Waals surface area contributed by atoms with Crippen molar-refractivity contribution in [2.75, 3.05) is 12.4 Å². The minimum absolute atomic E-state index is 0.161. The van der Waals surface area contributed by atoms with E-state index >= 15 is 0 Å². The normalized spacial score (nSPS) is 29.3.